The number of carbonyl (C=O) groups is 1. The maximum Gasteiger partial charge on any atom is 0.506 e. The van der Waals surface area contributed by atoms with Gasteiger partial charge in [-0.25, -0.2) is 4.79 Å². The van der Waals surface area contributed by atoms with Gasteiger partial charge in [0.1, 0.15) is 6.10 Å². The highest BCUT2D eigenvalue weighted by molar-refractivity contribution is 5.69. The van der Waals surface area contributed by atoms with E-state index in [2.05, 4.69) is 22.2 Å². The zero-order chi connectivity index (χ0) is 26.5. The van der Waals surface area contributed by atoms with Crippen LogP contribution < -0.4 is 0 Å². The summed E-state index contributed by atoms with van der Waals surface area (Å²) in [7, 11) is 0. The van der Waals surface area contributed by atoms with Crippen LogP contribution in [0.1, 0.15) is 43.4 Å². The quantitative estimate of drug-likeness (QED) is 0.284. The van der Waals surface area contributed by atoms with Gasteiger partial charge in [-0.2, -0.15) is 4.98 Å². The van der Waals surface area contributed by atoms with E-state index in [0.29, 0.717) is 42.7 Å². The molecule has 0 aliphatic carbocycles. The molecule has 4 aromatic rings. The Hall–Kier alpha value is -4.02. The minimum absolute atomic E-state index is 0.293. The van der Waals surface area contributed by atoms with Crippen molar-refractivity contribution in [1.29, 1.82) is 0 Å². The summed E-state index contributed by atoms with van der Waals surface area (Å²) in [5.41, 5.74) is 3.91. The molecule has 198 valence electrons. The third kappa shape index (κ3) is 5.76. The van der Waals surface area contributed by atoms with Crippen LogP contribution in [0.4, 0.5) is 4.79 Å². The number of aromatic nitrogens is 3. The Bertz CT molecular complexity index is 1350. The number of carboxylic acid groups (broad SMARTS) is 1. The molecule has 0 spiro atoms. The molecule has 2 atom stereocenters. The average Bonchev–Trinajstić information content (AvgIpc) is 3.57. The van der Waals surface area contributed by atoms with Crippen LogP contribution in [-0.2, 0) is 11.2 Å². The van der Waals surface area contributed by atoms with Crippen molar-refractivity contribution >= 4 is 6.16 Å². The van der Waals surface area contributed by atoms with Crippen LogP contribution in [0.25, 0.3) is 34.3 Å². The maximum absolute atomic E-state index is 10.8. The predicted molar refractivity (Wildman–Crippen MR) is 138 cm³/mol. The normalized spacial score (nSPS) is 16.8. The molecule has 38 heavy (non-hydrogen) atoms. The molecular weight excluding hydrogens is 488 g/mol. The fraction of sp³-hybridized carbons (Fsp3) is 0.357. The Balaban J connectivity index is 1.28. The van der Waals surface area contributed by atoms with Crippen LogP contribution in [0.2, 0.25) is 0 Å². The van der Waals surface area contributed by atoms with Gasteiger partial charge < -0.3 is 24.0 Å². The smallest absolute Gasteiger partial charge is 0.450 e. The van der Waals surface area contributed by atoms with E-state index in [1.165, 1.54) is 0 Å². The molecule has 2 aromatic heterocycles. The fourth-order valence-corrected chi connectivity index (χ4v) is 4.83. The maximum atomic E-state index is 10.8. The summed E-state index contributed by atoms with van der Waals surface area (Å²) in [4.78, 5) is 17.4. The van der Waals surface area contributed by atoms with Crippen molar-refractivity contribution in [2.75, 3.05) is 19.6 Å². The number of β-amino-alcohol motifs (C(OH)–C–C–N with tert-alkyl or cyclic N) is 1. The van der Waals surface area contributed by atoms with Gasteiger partial charge in [-0.05, 0) is 31.4 Å². The number of rotatable bonds is 9. The highest BCUT2D eigenvalue weighted by Crippen LogP contribution is 2.33. The van der Waals surface area contributed by atoms with E-state index in [9.17, 15) is 9.90 Å². The Morgan fingerprint density at radius 3 is 2.63 bits per heavy atom. The van der Waals surface area contributed by atoms with E-state index in [1.807, 2.05) is 59.5 Å². The lowest BCUT2D eigenvalue weighted by Crippen LogP contribution is -2.42. The number of ether oxygens (including phenoxy) is 1. The van der Waals surface area contributed by atoms with Crippen LogP contribution in [0.5, 0.6) is 0 Å². The minimum Gasteiger partial charge on any atom is -0.450 e. The number of aliphatic hydroxyl groups is 1. The molecule has 2 aromatic carbocycles. The summed E-state index contributed by atoms with van der Waals surface area (Å²) in [5.74, 6) is 1.41. The molecular formula is C28H30N4O6. The number of piperidine rings is 1. The van der Waals surface area contributed by atoms with Gasteiger partial charge in [0.15, 0.2) is 11.5 Å². The molecule has 0 bridgehead atoms. The van der Waals surface area contributed by atoms with E-state index >= 15 is 0 Å². The Kier molecular flexibility index (Phi) is 7.81. The van der Waals surface area contributed by atoms with Crippen molar-refractivity contribution in [2.24, 2.45) is 0 Å². The number of aliphatic hydroxyl groups excluding tert-OH is 1. The van der Waals surface area contributed by atoms with Crippen LogP contribution in [0.3, 0.4) is 0 Å². The lowest BCUT2D eigenvalue weighted by Gasteiger charge is -2.33. The first-order valence-electron chi connectivity index (χ1n) is 12.8. The second-order valence-corrected chi connectivity index (χ2v) is 9.42. The monoisotopic (exact) mass is 518 g/mol. The van der Waals surface area contributed by atoms with E-state index in [4.69, 9.17) is 18.9 Å². The highest BCUT2D eigenvalue weighted by atomic mass is 16.7. The number of likely N-dealkylation sites (tertiary alicyclic amines) is 1. The molecule has 0 amide bonds. The van der Waals surface area contributed by atoms with Gasteiger partial charge in [-0.3, -0.25) is 4.90 Å². The molecule has 10 nitrogen and oxygen atoms in total. The van der Waals surface area contributed by atoms with Crippen molar-refractivity contribution in [3.05, 3.63) is 65.7 Å². The second-order valence-electron chi connectivity index (χ2n) is 9.42. The van der Waals surface area contributed by atoms with Gasteiger partial charge in [0.05, 0.1) is 6.10 Å². The van der Waals surface area contributed by atoms with Gasteiger partial charge in [0.2, 0.25) is 5.82 Å². The van der Waals surface area contributed by atoms with Crippen LogP contribution in [0.15, 0.2) is 63.6 Å². The predicted octanol–water partition coefficient (Wildman–Crippen LogP) is 5.20. The standard InChI is InChI=1S/C28H30N4O6/c1-2-7-22-24(30-37-25(22)19-8-4-3-5-9-19)27-29-26(31-38-27)20-13-11-18(12-14-20)23(33)17-32-15-6-10-21(16-32)36-28(34)35/h3-5,8-9,11-14,21,23,33H,2,6-7,10,15-17H2,1H3,(H,34,35)/t21-,23?/m1/s1. The molecule has 1 aliphatic heterocycles. The Labute approximate surface area is 219 Å². The summed E-state index contributed by atoms with van der Waals surface area (Å²) in [6.45, 7) is 3.74. The molecule has 1 fully saturated rings. The number of hydrogen-bond acceptors (Lipinski definition) is 9. The molecule has 3 heterocycles. The number of nitrogens with zero attached hydrogens (tertiary/aromatic N) is 4. The first-order valence-corrected chi connectivity index (χ1v) is 12.8. The summed E-state index contributed by atoms with van der Waals surface area (Å²) < 4.78 is 16.2. The SMILES string of the molecule is CCCc1c(-c2nc(-c3ccc(C(O)CN4CCC[C@@H](OC(=O)O)C4)cc3)no2)noc1-c1ccccc1. The molecule has 10 heteroatoms. The summed E-state index contributed by atoms with van der Waals surface area (Å²) >= 11 is 0. The topological polar surface area (TPSA) is 135 Å². The van der Waals surface area contributed by atoms with Crippen molar-refractivity contribution in [3.8, 4) is 34.3 Å². The Morgan fingerprint density at radius 2 is 1.89 bits per heavy atom. The lowest BCUT2D eigenvalue weighted by molar-refractivity contribution is 0.00215. The third-order valence-electron chi connectivity index (χ3n) is 6.67. The molecule has 1 unspecified atom stereocenters. The van der Waals surface area contributed by atoms with E-state index in [0.717, 1.165) is 48.1 Å². The minimum atomic E-state index is -1.26. The van der Waals surface area contributed by atoms with Crippen molar-refractivity contribution < 1.29 is 28.8 Å². The zero-order valence-electron chi connectivity index (χ0n) is 21.1. The van der Waals surface area contributed by atoms with Gasteiger partial charge >= 0.3 is 6.16 Å². The zero-order valence-corrected chi connectivity index (χ0v) is 21.1. The number of benzene rings is 2. The molecule has 1 aliphatic rings. The average molecular weight is 519 g/mol. The van der Waals surface area contributed by atoms with Crippen LogP contribution in [-0.4, -0.2) is 62.3 Å². The van der Waals surface area contributed by atoms with E-state index < -0.39 is 12.3 Å². The third-order valence-corrected chi connectivity index (χ3v) is 6.67. The van der Waals surface area contributed by atoms with E-state index in [1.54, 1.807) is 0 Å². The summed E-state index contributed by atoms with van der Waals surface area (Å²) in [6.07, 6.45) is 0.826. The van der Waals surface area contributed by atoms with Gasteiger partial charge in [0.25, 0.3) is 5.89 Å². The lowest BCUT2D eigenvalue weighted by atomic mass is 10.0. The van der Waals surface area contributed by atoms with Crippen LogP contribution >= 0.6 is 0 Å². The van der Waals surface area contributed by atoms with Crippen molar-refractivity contribution in [3.63, 3.8) is 0 Å². The molecule has 1 saturated heterocycles. The highest BCUT2D eigenvalue weighted by Gasteiger charge is 2.26. The summed E-state index contributed by atoms with van der Waals surface area (Å²) in [6, 6.07) is 17.2. The largest absolute Gasteiger partial charge is 0.506 e. The first kappa shape index (κ1) is 25.6. The number of hydrogen-bond donors (Lipinski definition) is 2. The van der Waals surface area contributed by atoms with Crippen molar-refractivity contribution in [2.45, 2.75) is 44.8 Å². The summed E-state index contributed by atoms with van der Waals surface area (Å²) in [5, 5.41) is 28.0. The molecule has 2 N–H and O–H groups in total. The second kappa shape index (κ2) is 11.6. The van der Waals surface area contributed by atoms with Crippen molar-refractivity contribution in [1.82, 2.24) is 20.2 Å². The molecule has 0 saturated carbocycles. The van der Waals surface area contributed by atoms with Crippen LogP contribution in [0, 0.1) is 0 Å². The van der Waals surface area contributed by atoms with Gasteiger partial charge in [0, 0.05) is 29.8 Å². The molecule has 0 radical (unpaired) electrons. The van der Waals surface area contributed by atoms with E-state index in [-0.39, 0.29) is 6.10 Å². The Morgan fingerprint density at radius 1 is 1.11 bits per heavy atom. The van der Waals surface area contributed by atoms with Gasteiger partial charge in [-0.1, -0.05) is 78.3 Å². The first-order chi connectivity index (χ1) is 18.5. The fourth-order valence-electron chi connectivity index (χ4n) is 4.83. The molecule has 5 rings (SSSR count). The van der Waals surface area contributed by atoms with Gasteiger partial charge in [-0.15, -0.1) is 0 Å².